The van der Waals surface area contributed by atoms with Gasteiger partial charge < -0.3 is 5.32 Å². The molecule has 1 aromatic heterocycles. The Morgan fingerprint density at radius 1 is 1.15 bits per heavy atom. The molecule has 0 unspecified atom stereocenters. The summed E-state index contributed by atoms with van der Waals surface area (Å²) in [6.45, 7) is 1.20. The Balaban J connectivity index is 1.73. The number of nitrogens with one attached hydrogen (secondary N) is 2. The number of amides is 1. The Bertz CT molecular complexity index is 1370. The minimum absolute atomic E-state index is 0.0173. The minimum Gasteiger partial charge on any atom is -0.324 e. The Morgan fingerprint density at radius 3 is 2.52 bits per heavy atom. The van der Waals surface area contributed by atoms with Crippen molar-refractivity contribution in [2.75, 3.05) is 5.32 Å². The zero-order valence-corrected chi connectivity index (χ0v) is 19.5. The molecule has 9 nitrogen and oxygen atoms in total. The number of benzene rings is 2. The molecule has 0 saturated heterocycles. The highest BCUT2D eigenvalue weighted by molar-refractivity contribution is 7.89. The van der Waals surface area contributed by atoms with Crippen molar-refractivity contribution in [1.82, 2.24) is 14.5 Å². The Kier molecular flexibility index (Phi) is 7.65. The van der Waals surface area contributed by atoms with E-state index in [0.29, 0.717) is 23.0 Å². The number of aryl methyl sites for hydroxylation is 1. The fraction of sp³-hybridized carbons (Fsp3) is 0.143. The average molecular weight is 509 g/mol. The second kappa shape index (κ2) is 10.3. The molecule has 0 aliphatic rings. The molecule has 0 fully saturated rings. The number of aldehydes is 1. The highest BCUT2D eigenvalue weighted by Gasteiger charge is 2.18. The molecule has 1 amide bonds. The van der Waals surface area contributed by atoms with Crippen LogP contribution in [-0.4, -0.2) is 30.4 Å². The summed E-state index contributed by atoms with van der Waals surface area (Å²) < 4.78 is 29.0. The van der Waals surface area contributed by atoms with Crippen molar-refractivity contribution in [1.29, 1.82) is 0 Å². The third kappa shape index (κ3) is 6.05. The summed E-state index contributed by atoms with van der Waals surface area (Å²) in [4.78, 5) is 35.1. The van der Waals surface area contributed by atoms with Crippen LogP contribution in [-0.2, 0) is 27.9 Å². The first kappa shape index (κ1) is 24.6. The van der Waals surface area contributed by atoms with Gasteiger partial charge in [-0.05, 0) is 30.2 Å². The molecule has 0 bridgehead atoms. The van der Waals surface area contributed by atoms with E-state index in [0.717, 1.165) is 10.9 Å². The van der Waals surface area contributed by atoms with Crippen LogP contribution in [0.2, 0.25) is 10.0 Å². The number of carbonyl (C=O) groups excluding carboxylic acids is 2. The molecular formula is C21H18Cl2N4O5S. The lowest BCUT2D eigenvalue weighted by atomic mass is 10.1. The van der Waals surface area contributed by atoms with Gasteiger partial charge >= 0.3 is 0 Å². The normalized spacial score (nSPS) is 11.2. The van der Waals surface area contributed by atoms with E-state index in [1.54, 1.807) is 37.3 Å². The van der Waals surface area contributed by atoms with Crippen molar-refractivity contribution in [2.24, 2.45) is 0 Å². The van der Waals surface area contributed by atoms with Crippen molar-refractivity contribution in [2.45, 2.75) is 24.9 Å². The Labute approximate surface area is 199 Å². The van der Waals surface area contributed by atoms with Crippen LogP contribution in [0.25, 0.3) is 0 Å². The van der Waals surface area contributed by atoms with Crippen LogP contribution >= 0.6 is 23.2 Å². The number of rotatable bonds is 8. The number of halogens is 2. The average Bonchev–Trinajstić information content (AvgIpc) is 2.79. The lowest BCUT2D eigenvalue weighted by Gasteiger charge is -2.12. The number of carbonyl (C=O) groups is 2. The van der Waals surface area contributed by atoms with Crippen LogP contribution in [0.15, 0.2) is 58.4 Å². The summed E-state index contributed by atoms with van der Waals surface area (Å²) in [5.41, 5.74) is 1.12. The smallest absolute Gasteiger partial charge is 0.287 e. The quantitative estimate of drug-likeness (QED) is 0.450. The van der Waals surface area contributed by atoms with E-state index in [1.807, 2.05) is 0 Å². The topological polar surface area (TPSA) is 127 Å². The van der Waals surface area contributed by atoms with Crippen LogP contribution in [0.1, 0.15) is 21.5 Å². The number of anilines is 1. The molecule has 0 radical (unpaired) electrons. The molecule has 1 heterocycles. The van der Waals surface area contributed by atoms with E-state index in [9.17, 15) is 22.8 Å². The fourth-order valence-corrected chi connectivity index (χ4v) is 4.39. The predicted octanol–water partition coefficient (Wildman–Crippen LogP) is 2.79. The second-order valence-corrected chi connectivity index (χ2v) is 9.50. The van der Waals surface area contributed by atoms with Gasteiger partial charge in [-0.2, -0.15) is 5.10 Å². The standard InChI is InChI=1S/C21H18Cl2N4O5S/c1-13-2-7-16(26-19(29)11-27-21(30)20(23)17(22)10-24-27)8-18(13)33(31,32)25-9-14-3-5-15(12-28)6-4-14/h2-8,10,12,25H,9,11H2,1H3,(H,26,29). The SMILES string of the molecule is Cc1ccc(NC(=O)Cn2ncc(Cl)c(Cl)c2=O)cc1S(=O)(=O)NCc1ccc(C=O)cc1. The van der Waals surface area contributed by atoms with Gasteiger partial charge in [0.15, 0.2) is 0 Å². The molecule has 0 aliphatic carbocycles. The second-order valence-electron chi connectivity index (χ2n) is 6.98. The molecule has 3 aromatic rings. The van der Waals surface area contributed by atoms with Gasteiger partial charge in [-0.3, -0.25) is 14.4 Å². The van der Waals surface area contributed by atoms with Crippen molar-refractivity contribution in [3.8, 4) is 0 Å². The number of sulfonamides is 1. The van der Waals surface area contributed by atoms with Crippen LogP contribution in [0, 0.1) is 6.92 Å². The zero-order chi connectivity index (χ0) is 24.2. The van der Waals surface area contributed by atoms with Crippen LogP contribution < -0.4 is 15.6 Å². The maximum Gasteiger partial charge on any atom is 0.287 e. The third-order valence-corrected chi connectivity index (χ3v) is 6.87. The Morgan fingerprint density at radius 2 is 1.85 bits per heavy atom. The molecule has 0 spiro atoms. The highest BCUT2D eigenvalue weighted by Crippen LogP contribution is 2.21. The first-order valence-electron chi connectivity index (χ1n) is 9.46. The van der Waals surface area contributed by atoms with E-state index in [4.69, 9.17) is 23.2 Å². The first-order chi connectivity index (χ1) is 15.6. The Hall–Kier alpha value is -3.05. The van der Waals surface area contributed by atoms with Gasteiger partial charge in [0.1, 0.15) is 17.9 Å². The monoisotopic (exact) mass is 508 g/mol. The maximum atomic E-state index is 12.8. The largest absolute Gasteiger partial charge is 0.324 e. The summed E-state index contributed by atoms with van der Waals surface area (Å²) in [7, 11) is -3.91. The molecule has 0 saturated carbocycles. The molecule has 33 heavy (non-hydrogen) atoms. The van der Waals surface area contributed by atoms with Gasteiger partial charge in [-0.25, -0.2) is 17.8 Å². The number of hydrogen-bond donors (Lipinski definition) is 2. The van der Waals surface area contributed by atoms with Gasteiger partial charge in [0.2, 0.25) is 15.9 Å². The van der Waals surface area contributed by atoms with Crippen LogP contribution in [0.4, 0.5) is 5.69 Å². The zero-order valence-electron chi connectivity index (χ0n) is 17.2. The van der Waals surface area contributed by atoms with Gasteiger partial charge in [-0.15, -0.1) is 0 Å². The van der Waals surface area contributed by atoms with E-state index < -0.39 is 28.0 Å². The van der Waals surface area contributed by atoms with Crippen molar-refractivity contribution < 1.29 is 18.0 Å². The first-order valence-corrected chi connectivity index (χ1v) is 11.7. The lowest BCUT2D eigenvalue weighted by molar-refractivity contribution is -0.117. The summed E-state index contributed by atoms with van der Waals surface area (Å²) in [5.74, 6) is -0.613. The molecular weight excluding hydrogens is 491 g/mol. The van der Waals surface area contributed by atoms with Gasteiger partial charge in [0, 0.05) is 17.8 Å². The van der Waals surface area contributed by atoms with Gasteiger partial charge in [0.05, 0.1) is 16.1 Å². The fourth-order valence-electron chi connectivity index (χ4n) is 2.83. The predicted molar refractivity (Wildman–Crippen MR) is 124 cm³/mol. The molecule has 172 valence electrons. The molecule has 0 atom stereocenters. The van der Waals surface area contributed by atoms with Gasteiger partial charge in [0.25, 0.3) is 5.56 Å². The molecule has 2 N–H and O–H groups in total. The van der Waals surface area contributed by atoms with Crippen LogP contribution in [0.3, 0.4) is 0 Å². The lowest BCUT2D eigenvalue weighted by Crippen LogP contribution is -2.30. The summed E-state index contributed by atoms with van der Waals surface area (Å²) in [6.07, 6.45) is 1.85. The van der Waals surface area contributed by atoms with Crippen LogP contribution in [0.5, 0.6) is 0 Å². The maximum absolute atomic E-state index is 12.8. The van der Waals surface area contributed by atoms with E-state index >= 15 is 0 Å². The third-order valence-electron chi connectivity index (χ3n) is 4.58. The van der Waals surface area contributed by atoms with Crippen molar-refractivity contribution in [3.05, 3.63) is 85.8 Å². The molecule has 12 heteroatoms. The summed E-state index contributed by atoms with van der Waals surface area (Å²) >= 11 is 11.5. The summed E-state index contributed by atoms with van der Waals surface area (Å²) in [6, 6.07) is 10.9. The van der Waals surface area contributed by atoms with E-state index in [1.165, 1.54) is 12.1 Å². The molecule has 2 aromatic carbocycles. The summed E-state index contributed by atoms with van der Waals surface area (Å²) in [5, 5.41) is 6.01. The minimum atomic E-state index is -3.91. The number of aromatic nitrogens is 2. The number of nitrogens with zero attached hydrogens (tertiary/aromatic N) is 2. The van der Waals surface area contributed by atoms with Crippen molar-refractivity contribution >= 4 is 51.1 Å². The van der Waals surface area contributed by atoms with E-state index in [-0.39, 0.29) is 27.2 Å². The van der Waals surface area contributed by atoms with Gasteiger partial charge in [-0.1, -0.05) is 53.5 Å². The molecule has 3 rings (SSSR count). The molecule has 0 aliphatic heterocycles. The number of hydrogen-bond acceptors (Lipinski definition) is 6. The van der Waals surface area contributed by atoms with E-state index in [2.05, 4.69) is 15.1 Å². The highest BCUT2D eigenvalue weighted by atomic mass is 35.5. The van der Waals surface area contributed by atoms with Crippen molar-refractivity contribution in [3.63, 3.8) is 0 Å².